The second kappa shape index (κ2) is 7.90. The number of carboxylic acid groups (broad SMARTS) is 1. The van der Waals surface area contributed by atoms with Crippen LogP contribution in [-0.4, -0.2) is 23.2 Å². The van der Waals surface area contributed by atoms with Gasteiger partial charge in [-0.25, -0.2) is 9.78 Å². The Balaban J connectivity index is 0.000000167. The number of hydrogen-bond donors (Lipinski definition) is 3. The van der Waals surface area contributed by atoms with Crippen molar-refractivity contribution >= 4 is 35.6 Å². The second-order valence-electron chi connectivity index (χ2n) is 4.82. The summed E-state index contributed by atoms with van der Waals surface area (Å²) in [7, 11) is 1.44. The topological polar surface area (TPSA) is 85.4 Å². The number of aromatic carboxylic acids is 1. The lowest BCUT2D eigenvalue weighted by Gasteiger charge is -2.03. The number of rotatable bonds is 2. The van der Waals surface area contributed by atoms with E-state index in [1.54, 1.807) is 11.3 Å². The third-order valence-electron chi connectivity index (χ3n) is 2.93. The standard InChI is InChI=1S/C8H9NO3.C8H7NS2/c1-12-7-4-5(8(10)11)2-3-6(7)9;10-7-5-11-8(9-7)4-3-6-1-2-6/h2-4H,9H2,1H3,(H,10,11);5-6,10H,1-2H2. The lowest BCUT2D eigenvalue weighted by molar-refractivity contribution is 0.0696. The number of thiol groups is 1. The van der Waals surface area contributed by atoms with Gasteiger partial charge in [-0.1, -0.05) is 5.92 Å². The van der Waals surface area contributed by atoms with E-state index < -0.39 is 5.97 Å². The number of nitrogen functional groups attached to an aromatic ring is 1. The minimum Gasteiger partial charge on any atom is -0.495 e. The molecule has 120 valence electrons. The molecule has 0 atom stereocenters. The molecule has 0 aliphatic heterocycles. The summed E-state index contributed by atoms with van der Waals surface area (Å²) in [5, 5.41) is 12.2. The summed E-state index contributed by atoms with van der Waals surface area (Å²) in [6.07, 6.45) is 2.54. The Morgan fingerprint density at radius 3 is 2.78 bits per heavy atom. The van der Waals surface area contributed by atoms with Crippen LogP contribution in [0.25, 0.3) is 0 Å². The second-order valence-corrected chi connectivity index (χ2v) is 6.13. The van der Waals surface area contributed by atoms with Gasteiger partial charge in [-0.2, -0.15) is 0 Å². The van der Waals surface area contributed by atoms with Crippen molar-refractivity contribution in [2.45, 2.75) is 17.9 Å². The number of anilines is 1. The number of benzene rings is 1. The number of aromatic nitrogens is 1. The molecule has 7 heteroatoms. The minimum atomic E-state index is -0.992. The van der Waals surface area contributed by atoms with Crippen LogP contribution in [0.5, 0.6) is 5.75 Å². The van der Waals surface area contributed by atoms with E-state index in [1.807, 2.05) is 5.38 Å². The molecule has 1 aliphatic carbocycles. The third-order valence-corrected chi connectivity index (χ3v) is 4.09. The summed E-state index contributed by atoms with van der Waals surface area (Å²) >= 11 is 5.66. The Labute approximate surface area is 143 Å². The maximum absolute atomic E-state index is 10.5. The zero-order valence-electron chi connectivity index (χ0n) is 12.4. The molecule has 3 N–H and O–H groups in total. The molecule has 3 rings (SSSR count). The number of nitrogens with two attached hydrogens (primary N) is 1. The van der Waals surface area contributed by atoms with Crippen LogP contribution in [0.2, 0.25) is 0 Å². The number of ether oxygens (including phenoxy) is 1. The Morgan fingerprint density at radius 1 is 1.52 bits per heavy atom. The predicted molar refractivity (Wildman–Crippen MR) is 93.3 cm³/mol. The van der Waals surface area contributed by atoms with Crippen LogP contribution >= 0.6 is 24.0 Å². The van der Waals surface area contributed by atoms with Crippen molar-refractivity contribution in [2.24, 2.45) is 5.92 Å². The van der Waals surface area contributed by atoms with Crippen molar-refractivity contribution in [3.63, 3.8) is 0 Å². The van der Waals surface area contributed by atoms with Crippen LogP contribution in [0.3, 0.4) is 0 Å². The lowest BCUT2D eigenvalue weighted by atomic mass is 10.2. The molecule has 5 nitrogen and oxygen atoms in total. The molecule has 1 aliphatic rings. The van der Waals surface area contributed by atoms with Crippen molar-refractivity contribution in [1.29, 1.82) is 0 Å². The molecule has 23 heavy (non-hydrogen) atoms. The highest BCUT2D eigenvalue weighted by atomic mass is 32.1. The zero-order chi connectivity index (χ0) is 16.8. The maximum Gasteiger partial charge on any atom is 0.335 e. The Morgan fingerprint density at radius 2 is 2.26 bits per heavy atom. The Kier molecular flexibility index (Phi) is 5.90. The number of carboxylic acids is 1. The highest BCUT2D eigenvalue weighted by Gasteiger charge is 2.17. The number of methoxy groups -OCH3 is 1. The fourth-order valence-electron chi connectivity index (χ4n) is 1.56. The SMILES string of the molecule is COc1cc(C(=O)O)ccc1N.Sc1csc(C#CC2CC2)n1. The zero-order valence-corrected chi connectivity index (χ0v) is 14.2. The van der Waals surface area contributed by atoms with E-state index in [0.717, 1.165) is 10.0 Å². The van der Waals surface area contributed by atoms with Crippen molar-refractivity contribution in [1.82, 2.24) is 4.98 Å². The first-order valence-corrected chi connectivity index (χ1v) is 8.15. The molecule has 0 amide bonds. The van der Waals surface area contributed by atoms with Gasteiger partial charge in [0.15, 0.2) is 5.01 Å². The van der Waals surface area contributed by atoms with Gasteiger partial charge in [0, 0.05) is 11.3 Å². The molecule has 1 aromatic heterocycles. The van der Waals surface area contributed by atoms with Crippen LogP contribution in [0.15, 0.2) is 28.6 Å². The average Bonchev–Trinajstić information content (AvgIpc) is 3.27. The van der Waals surface area contributed by atoms with Crippen LogP contribution in [0.4, 0.5) is 5.69 Å². The molecule has 1 heterocycles. The number of thiazole rings is 1. The molecule has 2 aromatic rings. The monoisotopic (exact) mass is 348 g/mol. The normalized spacial score (nSPS) is 12.4. The van der Waals surface area contributed by atoms with Gasteiger partial charge in [0.1, 0.15) is 10.8 Å². The van der Waals surface area contributed by atoms with E-state index in [-0.39, 0.29) is 5.56 Å². The summed E-state index contributed by atoms with van der Waals surface area (Å²) in [6, 6.07) is 4.32. The molecule has 1 aromatic carbocycles. The van der Waals surface area contributed by atoms with Crippen LogP contribution < -0.4 is 10.5 Å². The van der Waals surface area contributed by atoms with Gasteiger partial charge >= 0.3 is 5.97 Å². The first-order valence-electron chi connectivity index (χ1n) is 6.82. The summed E-state index contributed by atoms with van der Waals surface area (Å²) in [4.78, 5) is 14.6. The number of hydrogen-bond acceptors (Lipinski definition) is 6. The van der Waals surface area contributed by atoms with E-state index in [2.05, 4.69) is 29.5 Å². The van der Waals surface area contributed by atoms with Crippen molar-refractivity contribution < 1.29 is 14.6 Å². The Bertz CT molecular complexity index is 758. The van der Waals surface area contributed by atoms with Gasteiger partial charge in [0.2, 0.25) is 0 Å². The van der Waals surface area contributed by atoms with Crippen molar-refractivity contribution in [2.75, 3.05) is 12.8 Å². The molecular weight excluding hydrogens is 332 g/mol. The van der Waals surface area contributed by atoms with E-state index in [1.165, 1.54) is 38.2 Å². The molecule has 0 spiro atoms. The molecule has 0 unspecified atom stereocenters. The summed E-state index contributed by atoms with van der Waals surface area (Å²) in [5.74, 6) is 6.23. The highest BCUT2D eigenvalue weighted by molar-refractivity contribution is 7.80. The van der Waals surface area contributed by atoms with Crippen LogP contribution in [-0.2, 0) is 0 Å². The average molecular weight is 348 g/mol. The molecule has 1 saturated carbocycles. The van der Waals surface area contributed by atoms with E-state index in [4.69, 9.17) is 15.6 Å². The van der Waals surface area contributed by atoms with Gasteiger partial charge in [0.05, 0.1) is 18.4 Å². The van der Waals surface area contributed by atoms with Crippen molar-refractivity contribution in [3.8, 4) is 17.6 Å². The summed E-state index contributed by atoms with van der Waals surface area (Å²) < 4.78 is 4.85. The van der Waals surface area contributed by atoms with Crippen LogP contribution in [0.1, 0.15) is 28.2 Å². The van der Waals surface area contributed by atoms with Crippen LogP contribution in [0, 0.1) is 17.8 Å². The summed E-state index contributed by atoms with van der Waals surface area (Å²) in [5.41, 5.74) is 6.08. The highest BCUT2D eigenvalue weighted by Crippen LogP contribution is 2.27. The third kappa shape index (κ3) is 5.51. The van der Waals surface area contributed by atoms with Gasteiger partial charge in [0.25, 0.3) is 0 Å². The van der Waals surface area contributed by atoms with Gasteiger partial charge < -0.3 is 15.6 Å². The van der Waals surface area contributed by atoms with E-state index in [9.17, 15) is 4.79 Å². The van der Waals surface area contributed by atoms with E-state index in [0.29, 0.717) is 17.4 Å². The van der Waals surface area contributed by atoms with Crippen molar-refractivity contribution in [3.05, 3.63) is 34.2 Å². The molecule has 0 saturated heterocycles. The first-order chi connectivity index (χ1) is 11.0. The molecular formula is C16H16N2O3S2. The molecule has 0 radical (unpaired) electrons. The quantitative estimate of drug-likeness (QED) is 0.441. The largest absolute Gasteiger partial charge is 0.495 e. The number of carbonyl (C=O) groups is 1. The lowest BCUT2D eigenvalue weighted by Crippen LogP contribution is -1.99. The smallest absolute Gasteiger partial charge is 0.335 e. The Hall–Kier alpha value is -2.17. The minimum absolute atomic E-state index is 0.168. The maximum atomic E-state index is 10.5. The fourth-order valence-corrected chi connectivity index (χ4v) is 2.42. The van der Waals surface area contributed by atoms with Gasteiger partial charge in [-0.05, 0) is 37.0 Å². The molecule has 0 bridgehead atoms. The molecule has 1 fully saturated rings. The number of nitrogens with zero attached hydrogens (tertiary/aromatic N) is 1. The van der Waals surface area contributed by atoms with E-state index >= 15 is 0 Å². The fraction of sp³-hybridized carbons (Fsp3) is 0.250. The summed E-state index contributed by atoms with van der Waals surface area (Å²) in [6.45, 7) is 0. The predicted octanol–water partition coefficient (Wildman–Crippen LogP) is 3.17. The van der Waals surface area contributed by atoms with Gasteiger partial charge in [-0.3, -0.25) is 0 Å². The first kappa shape index (κ1) is 17.2. The van der Waals surface area contributed by atoms with Gasteiger partial charge in [-0.15, -0.1) is 24.0 Å².